The highest BCUT2D eigenvalue weighted by molar-refractivity contribution is 7.12. The Bertz CT molecular complexity index is 540. The molecule has 0 aliphatic heterocycles. The van der Waals surface area contributed by atoms with Crippen molar-refractivity contribution in [2.45, 2.75) is 44.6 Å². The molecule has 1 aromatic heterocycles. The van der Waals surface area contributed by atoms with Gasteiger partial charge in [0.25, 0.3) is 0 Å². The lowest BCUT2D eigenvalue weighted by atomic mass is 9.90. The normalized spacial score (nSPS) is 17.2. The molecule has 0 spiro atoms. The summed E-state index contributed by atoms with van der Waals surface area (Å²) in [5, 5.41) is 1.13. The Labute approximate surface area is 118 Å². The second-order valence-electron chi connectivity index (χ2n) is 5.41. The van der Waals surface area contributed by atoms with Crippen LogP contribution in [0, 0.1) is 0 Å². The van der Waals surface area contributed by atoms with E-state index in [4.69, 9.17) is 10.7 Å². The Kier molecular flexibility index (Phi) is 3.42. The van der Waals surface area contributed by atoms with E-state index in [0.717, 1.165) is 24.3 Å². The second kappa shape index (κ2) is 5.06. The molecule has 0 saturated carbocycles. The van der Waals surface area contributed by atoms with Crippen LogP contribution in [0.25, 0.3) is 0 Å². The lowest BCUT2D eigenvalue weighted by Crippen LogP contribution is -2.38. The van der Waals surface area contributed by atoms with Crippen LogP contribution in [0.2, 0.25) is 0 Å². The molecule has 1 unspecified atom stereocenters. The number of aryl methyl sites for hydroxylation is 2. The SMILES string of the molecule is CCC(N)(Cc1ccccc1)c1nc2c(s1)CCC2. The van der Waals surface area contributed by atoms with Gasteiger partial charge in [0.2, 0.25) is 0 Å². The van der Waals surface area contributed by atoms with Crippen LogP contribution in [-0.2, 0) is 24.8 Å². The fraction of sp³-hybridized carbons (Fsp3) is 0.438. The minimum absolute atomic E-state index is 0.309. The van der Waals surface area contributed by atoms with Crippen molar-refractivity contribution in [1.82, 2.24) is 4.98 Å². The minimum Gasteiger partial charge on any atom is -0.319 e. The van der Waals surface area contributed by atoms with Crippen molar-refractivity contribution >= 4 is 11.3 Å². The largest absolute Gasteiger partial charge is 0.319 e. The van der Waals surface area contributed by atoms with E-state index in [2.05, 4.69) is 31.2 Å². The van der Waals surface area contributed by atoms with Crippen molar-refractivity contribution in [3.8, 4) is 0 Å². The number of nitrogens with zero attached hydrogens (tertiary/aromatic N) is 1. The van der Waals surface area contributed by atoms with Gasteiger partial charge in [-0.2, -0.15) is 0 Å². The van der Waals surface area contributed by atoms with Gasteiger partial charge in [-0.25, -0.2) is 4.98 Å². The first kappa shape index (κ1) is 12.8. The maximum absolute atomic E-state index is 6.66. The maximum atomic E-state index is 6.66. The topological polar surface area (TPSA) is 38.9 Å². The predicted octanol–water partition coefficient (Wildman–Crippen LogP) is 3.44. The van der Waals surface area contributed by atoms with E-state index in [1.165, 1.54) is 29.0 Å². The van der Waals surface area contributed by atoms with Crippen LogP contribution in [-0.4, -0.2) is 4.98 Å². The van der Waals surface area contributed by atoms with Crippen molar-refractivity contribution in [1.29, 1.82) is 0 Å². The smallest absolute Gasteiger partial charge is 0.113 e. The molecule has 3 heteroatoms. The summed E-state index contributed by atoms with van der Waals surface area (Å²) in [6, 6.07) is 10.5. The molecule has 2 aromatic rings. The van der Waals surface area contributed by atoms with E-state index >= 15 is 0 Å². The maximum Gasteiger partial charge on any atom is 0.113 e. The van der Waals surface area contributed by atoms with Gasteiger partial charge in [-0.05, 0) is 37.7 Å². The summed E-state index contributed by atoms with van der Waals surface area (Å²) in [6.07, 6.45) is 5.39. The number of hydrogen-bond donors (Lipinski definition) is 1. The van der Waals surface area contributed by atoms with E-state index in [1.807, 2.05) is 17.4 Å². The molecule has 2 nitrogen and oxygen atoms in total. The van der Waals surface area contributed by atoms with Gasteiger partial charge in [0, 0.05) is 4.88 Å². The first-order chi connectivity index (χ1) is 9.21. The fourth-order valence-corrected chi connectivity index (χ4v) is 4.04. The molecule has 1 aromatic carbocycles. The van der Waals surface area contributed by atoms with Crippen LogP contribution in [0.4, 0.5) is 0 Å². The number of nitrogens with two attached hydrogens (primary N) is 1. The van der Waals surface area contributed by atoms with Crippen LogP contribution in [0.3, 0.4) is 0 Å². The average molecular weight is 272 g/mol. The van der Waals surface area contributed by atoms with E-state index in [0.29, 0.717) is 0 Å². The summed E-state index contributed by atoms with van der Waals surface area (Å²) in [5.74, 6) is 0. The molecular weight excluding hydrogens is 252 g/mol. The number of benzene rings is 1. The summed E-state index contributed by atoms with van der Waals surface area (Å²) in [4.78, 5) is 6.29. The molecule has 1 atom stereocenters. The van der Waals surface area contributed by atoms with E-state index in [1.54, 1.807) is 0 Å². The summed E-state index contributed by atoms with van der Waals surface area (Å²) in [5.41, 5.74) is 8.95. The molecule has 1 aliphatic carbocycles. The number of rotatable bonds is 4. The van der Waals surface area contributed by atoms with Crippen molar-refractivity contribution in [2.75, 3.05) is 0 Å². The van der Waals surface area contributed by atoms with Gasteiger partial charge in [0.1, 0.15) is 5.01 Å². The molecule has 1 aliphatic rings. The number of aromatic nitrogens is 1. The van der Waals surface area contributed by atoms with Crippen molar-refractivity contribution < 1.29 is 0 Å². The van der Waals surface area contributed by atoms with E-state index in [9.17, 15) is 0 Å². The Morgan fingerprint density at radius 1 is 1.26 bits per heavy atom. The van der Waals surface area contributed by atoms with Crippen LogP contribution in [0.5, 0.6) is 0 Å². The van der Waals surface area contributed by atoms with Crippen molar-refractivity contribution in [2.24, 2.45) is 5.73 Å². The van der Waals surface area contributed by atoms with Gasteiger partial charge in [0.15, 0.2) is 0 Å². The minimum atomic E-state index is -0.309. The van der Waals surface area contributed by atoms with Gasteiger partial charge in [-0.15, -0.1) is 11.3 Å². The number of hydrogen-bond acceptors (Lipinski definition) is 3. The van der Waals surface area contributed by atoms with E-state index < -0.39 is 0 Å². The van der Waals surface area contributed by atoms with Gasteiger partial charge in [-0.3, -0.25) is 0 Å². The number of thiazole rings is 1. The third-order valence-electron chi connectivity index (χ3n) is 4.01. The Hall–Kier alpha value is -1.19. The van der Waals surface area contributed by atoms with Gasteiger partial charge in [-0.1, -0.05) is 37.3 Å². The van der Waals surface area contributed by atoms with Gasteiger partial charge < -0.3 is 5.73 Å². The zero-order valence-electron chi connectivity index (χ0n) is 11.4. The molecule has 0 fully saturated rings. The first-order valence-corrected chi connectivity index (χ1v) is 7.85. The Morgan fingerprint density at radius 3 is 2.74 bits per heavy atom. The van der Waals surface area contributed by atoms with Crippen LogP contribution < -0.4 is 5.73 Å². The third-order valence-corrected chi connectivity index (χ3v) is 5.39. The summed E-state index contributed by atoms with van der Waals surface area (Å²) in [7, 11) is 0. The molecule has 2 N–H and O–H groups in total. The lowest BCUT2D eigenvalue weighted by Gasteiger charge is -2.26. The Balaban J connectivity index is 1.89. The molecule has 100 valence electrons. The van der Waals surface area contributed by atoms with Gasteiger partial charge >= 0.3 is 0 Å². The molecule has 0 saturated heterocycles. The molecule has 0 radical (unpaired) electrons. The summed E-state index contributed by atoms with van der Waals surface area (Å²) >= 11 is 1.84. The van der Waals surface area contributed by atoms with Crippen LogP contribution in [0.15, 0.2) is 30.3 Å². The highest BCUT2D eigenvalue weighted by atomic mass is 32.1. The molecule has 0 bridgehead atoms. The monoisotopic (exact) mass is 272 g/mol. The van der Waals surface area contributed by atoms with Gasteiger partial charge in [0.05, 0.1) is 11.2 Å². The summed E-state index contributed by atoms with van der Waals surface area (Å²) < 4.78 is 0. The highest BCUT2D eigenvalue weighted by Gasteiger charge is 2.31. The van der Waals surface area contributed by atoms with Crippen LogP contribution in [0.1, 0.15) is 40.9 Å². The quantitative estimate of drug-likeness (QED) is 0.926. The fourth-order valence-electron chi connectivity index (χ4n) is 2.72. The second-order valence-corrected chi connectivity index (χ2v) is 6.50. The standard InChI is InChI=1S/C16H20N2S/c1-2-16(17,11-12-7-4-3-5-8-12)15-18-13-9-6-10-14(13)19-15/h3-5,7-8H,2,6,9-11,17H2,1H3. The summed E-state index contributed by atoms with van der Waals surface area (Å²) in [6.45, 7) is 2.16. The van der Waals surface area contributed by atoms with E-state index in [-0.39, 0.29) is 5.54 Å². The third kappa shape index (κ3) is 2.45. The molecular formula is C16H20N2S. The highest BCUT2D eigenvalue weighted by Crippen LogP contribution is 2.35. The van der Waals surface area contributed by atoms with Crippen LogP contribution >= 0.6 is 11.3 Å². The molecule has 0 amide bonds. The molecule has 19 heavy (non-hydrogen) atoms. The average Bonchev–Trinajstić information content (AvgIpc) is 3.00. The predicted molar refractivity (Wildman–Crippen MR) is 80.4 cm³/mol. The zero-order chi connectivity index (χ0) is 13.3. The molecule has 3 rings (SSSR count). The Morgan fingerprint density at radius 2 is 2.05 bits per heavy atom. The first-order valence-electron chi connectivity index (χ1n) is 7.03. The van der Waals surface area contributed by atoms with Crippen molar-refractivity contribution in [3.63, 3.8) is 0 Å². The zero-order valence-corrected chi connectivity index (χ0v) is 12.2. The number of fused-ring (bicyclic) bond motifs is 1. The lowest BCUT2D eigenvalue weighted by molar-refractivity contribution is 0.422. The molecule has 1 heterocycles. The van der Waals surface area contributed by atoms with Crippen molar-refractivity contribution in [3.05, 3.63) is 51.5 Å².